The van der Waals surface area contributed by atoms with Gasteiger partial charge in [0.2, 0.25) is 0 Å². The zero-order valence-electron chi connectivity index (χ0n) is 10.5. The lowest BCUT2D eigenvalue weighted by Crippen LogP contribution is -2.58. The van der Waals surface area contributed by atoms with Gasteiger partial charge in [-0.1, -0.05) is 0 Å². The van der Waals surface area contributed by atoms with Crippen molar-refractivity contribution < 1.29 is 9.18 Å². The van der Waals surface area contributed by atoms with Gasteiger partial charge in [-0.15, -0.1) is 0 Å². The standard InChI is InChI=1S/C13H16FIN2O/c1-13(2)8-17(6-5-16-13)12(18)10-4-3-9(14)7-11(10)15/h3-4,7,16H,5-6,8H2,1-2H3. The summed E-state index contributed by atoms with van der Waals surface area (Å²) in [5.74, 6) is -0.328. The monoisotopic (exact) mass is 362 g/mol. The summed E-state index contributed by atoms with van der Waals surface area (Å²) in [6.45, 7) is 6.29. The van der Waals surface area contributed by atoms with Crippen molar-refractivity contribution in [2.75, 3.05) is 19.6 Å². The number of hydrogen-bond acceptors (Lipinski definition) is 2. The minimum absolute atomic E-state index is 0.0195. The van der Waals surface area contributed by atoms with Gasteiger partial charge in [0, 0.05) is 28.7 Å². The van der Waals surface area contributed by atoms with Gasteiger partial charge in [0.25, 0.3) is 5.91 Å². The molecule has 1 heterocycles. The van der Waals surface area contributed by atoms with E-state index < -0.39 is 0 Å². The Morgan fingerprint density at radius 3 is 2.83 bits per heavy atom. The first kappa shape index (κ1) is 13.7. The molecule has 18 heavy (non-hydrogen) atoms. The smallest absolute Gasteiger partial charge is 0.255 e. The number of nitrogens with zero attached hydrogens (tertiary/aromatic N) is 1. The summed E-state index contributed by atoms with van der Waals surface area (Å²) in [7, 11) is 0. The zero-order valence-corrected chi connectivity index (χ0v) is 12.6. The molecular weight excluding hydrogens is 346 g/mol. The molecule has 1 aromatic carbocycles. The summed E-state index contributed by atoms with van der Waals surface area (Å²) in [4.78, 5) is 14.2. The van der Waals surface area contributed by atoms with Crippen LogP contribution in [0, 0.1) is 9.39 Å². The summed E-state index contributed by atoms with van der Waals surface area (Å²) in [6.07, 6.45) is 0. The van der Waals surface area contributed by atoms with Crippen molar-refractivity contribution in [1.29, 1.82) is 0 Å². The van der Waals surface area contributed by atoms with Gasteiger partial charge in [-0.25, -0.2) is 4.39 Å². The molecule has 5 heteroatoms. The van der Waals surface area contributed by atoms with Gasteiger partial charge in [-0.05, 0) is 54.6 Å². The molecule has 0 aromatic heterocycles. The maximum Gasteiger partial charge on any atom is 0.255 e. The average Bonchev–Trinajstić information content (AvgIpc) is 2.27. The largest absolute Gasteiger partial charge is 0.336 e. The van der Waals surface area contributed by atoms with E-state index in [0.29, 0.717) is 22.2 Å². The summed E-state index contributed by atoms with van der Waals surface area (Å²) < 4.78 is 13.7. The quantitative estimate of drug-likeness (QED) is 0.778. The van der Waals surface area contributed by atoms with Crippen molar-refractivity contribution in [1.82, 2.24) is 10.2 Å². The van der Waals surface area contributed by atoms with Gasteiger partial charge < -0.3 is 10.2 Å². The molecule has 3 nitrogen and oxygen atoms in total. The van der Waals surface area contributed by atoms with E-state index in [1.54, 1.807) is 6.07 Å². The maximum absolute atomic E-state index is 13.0. The third kappa shape index (κ3) is 3.00. The Kier molecular flexibility index (Phi) is 3.91. The molecule has 1 fully saturated rings. The maximum atomic E-state index is 13.0. The molecule has 0 saturated carbocycles. The lowest BCUT2D eigenvalue weighted by atomic mass is 10.0. The van der Waals surface area contributed by atoms with Crippen LogP contribution in [0.4, 0.5) is 4.39 Å². The van der Waals surface area contributed by atoms with Gasteiger partial charge in [0.1, 0.15) is 5.82 Å². The molecule has 1 saturated heterocycles. The second kappa shape index (κ2) is 5.13. The SMILES string of the molecule is CC1(C)CN(C(=O)c2ccc(F)cc2I)CCN1. The van der Waals surface area contributed by atoms with Gasteiger partial charge in [0.15, 0.2) is 0 Å². The molecule has 1 aliphatic rings. The first-order chi connectivity index (χ1) is 8.39. The molecule has 0 spiro atoms. The van der Waals surface area contributed by atoms with E-state index in [0.717, 1.165) is 6.54 Å². The van der Waals surface area contributed by atoms with E-state index in [9.17, 15) is 9.18 Å². The predicted octanol–water partition coefficient (Wildman–Crippen LogP) is 2.25. The van der Waals surface area contributed by atoms with Crippen LogP contribution in [0.15, 0.2) is 18.2 Å². The Labute approximate surface area is 120 Å². The van der Waals surface area contributed by atoms with E-state index in [-0.39, 0.29) is 17.3 Å². The molecule has 2 rings (SSSR count). The molecule has 1 N–H and O–H groups in total. The Bertz CT molecular complexity index is 476. The van der Waals surface area contributed by atoms with E-state index in [1.165, 1.54) is 12.1 Å². The van der Waals surface area contributed by atoms with E-state index >= 15 is 0 Å². The highest BCUT2D eigenvalue weighted by molar-refractivity contribution is 14.1. The topological polar surface area (TPSA) is 32.3 Å². The highest BCUT2D eigenvalue weighted by Crippen LogP contribution is 2.18. The molecule has 0 bridgehead atoms. The van der Waals surface area contributed by atoms with Crippen LogP contribution in [0.3, 0.4) is 0 Å². The molecule has 0 radical (unpaired) electrons. The highest BCUT2D eigenvalue weighted by atomic mass is 127. The number of halogens is 2. The summed E-state index contributed by atoms with van der Waals surface area (Å²) >= 11 is 2.00. The fraction of sp³-hybridized carbons (Fsp3) is 0.462. The van der Waals surface area contributed by atoms with Crippen molar-refractivity contribution in [3.8, 4) is 0 Å². The summed E-state index contributed by atoms with van der Waals surface area (Å²) in [5.41, 5.74) is 0.508. The zero-order chi connectivity index (χ0) is 13.3. The molecule has 1 aliphatic heterocycles. The Morgan fingerprint density at radius 1 is 1.50 bits per heavy atom. The van der Waals surface area contributed by atoms with E-state index in [1.807, 2.05) is 27.5 Å². The van der Waals surface area contributed by atoms with E-state index in [4.69, 9.17) is 0 Å². The van der Waals surface area contributed by atoms with Crippen molar-refractivity contribution in [2.24, 2.45) is 0 Å². The first-order valence-corrected chi connectivity index (χ1v) is 6.96. The number of rotatable bonds is 1. The van der Waals surface area contributed by atoms with Crippen LogP contribution in [-0.4, -0.2) is 36.0 Å². The summed E-state index contributed by atoms with van der Waals surface area (Å²) in [6, 6.07) is 4.29. The number of nitrogens with one attached hydrogen (secondary N) is 1. The van der Waals surface area contributed by atoms with Crippen LogP contribution >= 0.6 is 22.6 Å². The number of carbonyl (C=O) groups excluding carboxylic acids is 1. The van der Waals surface area contributed by atoms with Crippen molar-refractivity contribution in [3.63, 3.8) is 0 Å². The van der Waals surface area contributed by atoms with Crippen LogP contribution in [0.2, 0.25) is 0 Å². The molecule has 1 aromatic rings. The highest BCUT2D eigenvalue weighted by Gasteiger charge is 2.29. The number of carbonyl (C=O) groups is 1. The van der Waals surface area contributed by atoms with Crippen LogP contribution in [-0.2, 0) is 0 Å². The Morgan fingerprint density at radius 2 is 2.22 bits per heavy atom. The normalized spacial score (nSPS) is 18.8. The van der Waals surface area contributed by atoms with Crippen LogP contribution < -0.4 is 5.32 Å². The van der Waals surface area contributed by atoms with Crippen LogP contribution in [0.25, 0.3) is 0 Å². The second-order valence-corrected chi connectivity index (χ2v) is 6.32. The Hall–Kier alpha value is -0.690. The third-order valence-corrected chi connectivity index (χ3v) is 3.91. The van der Waals surface area contributed by atoms with Crippen molar-refractivity contribution in [3.05, 3.63) is 33.1 Å². The fourth-order valence-corrected chi connectivity index (χ4v) is 2.86. The van der Waals surface area contributed by atoms with Gasteiger partial charge in [-0.3, -0.25) is 4.79 Å². The number of hydrogen-bond donors (Lipinski definition) is 1. The summed E-state index contributed by atoms with van der Waals surface area (Å²) in [5, 5.41) is 3.36. The van der Waals surface area contributed by atoms with Gasteiger partial charge in [0.05, 0.1) is 5.56 Å². The van der Waals surface area contributed by atoms with Gasteiger partial charge >= 0.3 is 0 Å². The molecule has 0 unspecified atom stereocenters. The molecule has 98 valence electrons. The van der Waals surface area contributed by atoms with Crippen molar-refractivity contribution in [2.45, 2.75) is 19.4 Å². The number of piperazine rings is 1. The molecular formula is C13H16FIN2O. The van der Waals surface area contributed by atoms with Crippen LogP contribution in [0.1, 0.15) is 24.2 Å². The lowest BCUT2D eigenvalue weighted by molar-refractivity contribution is 0.0651. The minimum Gasteiger partial charge on any atom is -0.336 e. The third-order valence-electron chi connectivity index (χ3n) is 3.02. The molecule has 0 atom stereocenters. The molecule has 1 amide bonds. The number of amides is 1. The van der Waals surface area contributed by atoms with E-state index in [2.05, 4.69) is 19.2 Å². The van der Waals surface area contributed by atoms with Gasteiger partial charge in [-0.2, -0.15) is 0 Å². The Balaban J connectivity index is 2.20. The second-order valence-electron chi connectivity index (χ2n) is 5.16. The average molecular weight is 362 g/mol. The minimum atomic E-state index is -0.309. The first-order valence-electron chi connectivity index (χ1n) is 5.88. The predicted molar refractivity (Wildman–Crippen MR) is 77.1 cm³/mol. The van der Waals surface area contributed by atoms with Crippen molar-refractivity contribution >= 4 is 28.5 Å². The fourth-order valence-electron chi connectivity index (χ4n) is 2.15. The lowest BCUT2D eigenvalue weighted by Gasteiger charge is -2.39. The van der Waals surface area contributed by atoms with Crippen LogP contribution in [0.5, 0.6) is 0 Å². The number of benzene rings is 1. The molecule has 0 aliphatic carbocycles.